The van der Waals surface area contributed by atoms with E-state index in [2.05, 4.69) is 22.7 Å². The summed E-state index contributed by atoms with van der Waals surface area (Å²) in [5.41, 5.74) is 0.400. The standard InChI is InChI=1S/C5H6N2O2S/c1-9-5(8)4-2-6-7(10)3-4/h2-3,10H,1H3. The van der Waals surface area contributed by atoms with E-state index in [0.29, 0.717) is 5.56 Å². The van der Waals surface area contributed by atoms with Crippen LogP contribution in [0, 0.1) is 0 Å². The third-order valence-corrected chi connectivity index (χ3v) is 1.21. The van der Waals surface area contributed by atoms with Crippen molar-refractivity contribution in [2.75, 3.05) is 7.11 Å². The van der Waals surface area contributed by atoms with Gasteiger partial charge in [0.25, 0.3) is 0 Å². The van der Waals surface area contributed by atoms with E-state index < -0.39 is 5.97 Å². The van der Waals surface area contributed by atoms with Crippen molar-refractivity contribution in [1.29, 1.82) is 0 Å². The number of rotatable bonds is 1. The van der Waals surface area contributed by atoms with Gasteiger partial charge in [-0.15, -0.1) is 0 Å². The Bertz CT molecular complexity index is 246. The molecule has 0 saturated heterocycles. The minimum absolute atomic E-state index is 0.400. The van der Waals surface area contributed by atoms with E-state index in [9.17, 15) is 4.79 Å². The fraction of sp³-hybridized carbons (Fsp3) is 0.200. The van der Waals surface area contributed by atoms with E-state index in [1.807, 2.05) is 0 Å². The van der Waals surface area contributed by atoms with E-state index in [1.54, 1.807) is 0 Å². The highest BCUT2D eigenvalue weighted by Gasteiger charge is 2.05. The summed E-state index contributed by atoms with van der Waals surface area (Å²) in [7, 11) is 1.32. The zero-order valence-corrected chi connectivity index (χ0v) is 6.21. The van der Waals surface area contributed by atoms with Crippen molar-refractivity contribution < 1.29 is 9.53 Å². The average Bonchev–Trinajstić information content (AvgIpc) is 2.34. The Labute approximate surface area is 63.3 Å². The lowest BCUT2D eigenvalue weighted by Crippen LogP contribution is -1.98. The third kappa shape index (κ3) is 1.30. The molecular formula is C5H6N2O2S. The van der Waals surface area contributed by atoms with Crippen LogP contribution in [0.1, 0.15) is 10.4 Å². The van der Waals surface area contributed by atoms with Crippen molar-refractivity contribution in [1.82, 2.24) is 9.19 Å². The highest BCUT2D eigenvalue weighted by Crippen LogP contribution is 1.99. The summed E-state index contributed by atoms with van der Waals surface area (Å²) in [6.07, 6.45) is 2.85. The number of hydrogen-bond donors (Lipinski definition) is 1. The first-order chi connectivity index (χ1) is 4.74. The van der Waals surface area contributed by atoms with E-state index >= 15 is 0 Å². The molecule has 0 aliphatic carbocycles. The maximum atomic E-state index is 10.7. The summed E-state index contributed by atoms with van der Waals surface area (Å²) in [5, 5.41) is 3.67. The number of hydrogen-bond acceptors (Lipinski definition) is 4. The third-order valence-electron chi connectivity index (χ3n) is 0.991. The van der Waals surface area contributed by atoms with Crippen molar-refractivity contribution in [2.45, 2.75) is 0 Å². The van der Waals surface area contributed by atoms with E-state index in [-0.39, 0.29) is 0 Å². The van der Waals surface area contributed by atoms with Crippen LogP contribution < -0.4 is 0 Å². The number of thiol groups is 1. The summed E-state index contributed by atoms with van der Waals surface area (Å²) < 4.78 is 5.67. The zero-order chi connectivity index (χ0) is 7.56. The van der Waals surface area contributed by atoms with Crippen LogP contribution in [0.4, 0.5) is 0 Å². The van der Waals surface area contributed by atoms with Gasteiger partial charge in [-0.05, 0) is 12.8 Å². The number of carbonyl (C=O) groups excluding carboxylic acids is 1. The summed E-state index contributed by atoms with van der Waals surface area (Å²) in [6.45, 7) is 0. The molecule has 1 rings (SSSR count). The van der Waals surface area contributed by atoms with Crippen LogP contribution in [0.5, 0.6) is 0 Å². The molecule has 0 amide bonds. The Morgan fingerprint density at radius 3 is 3.00 bits per heavy atom. The van der Waals surface area contributed by atoms with E-state index in [1.165, 1.54) is 23.6 Å². The highest BCUT2D eigenvalue weighted by molar-refractivity contribution is 7.78. The smallest absolute Gasteiger partial charge is 0.341 e. The van der Waals surface area contributed by atoms with Crippen LogP contribution in [-0.4, -0.2) is 22.3 Å². The molecule has 0 spiro atoms. The van der Waals surface area contributed by atoms with Gasteiger partial charge < -0.3 is 4.74 Å². The first kappa shape index (κ1) is 7.14. The number of ether oxygens (including phenoxy) is 1. The number of carbonyl (C=O) groups is 1. The molecular weight excluding hydrogens is 152 g/mol. The van der Waals surface area contributed by atoms with Gasteiger partial charge in [-0.2, -0.15) is 5.10 Å². The predicted molar refractivity (Wildman–Crippen MR) is 38.0 cm³/mol. The quantitative estimate of drug-likeness (QED) is 0.474. The molecule has 0 aliphatic heterocycles. The summed E-state index contributed by atoms with van der Waals surface area (Å²) in [4.78, 5) is 10.7. The van der Waals surface area contributed by atoms with Crippen molar-refractivity contribution in [3.63, 3.8) is 0 Å². The molecule has 0 N–H and O–H groups in total. The van der Waals surface area contributed by atoms with Crippen LogP contribution >= 0.6 is 12.8 Å². The van der Waals surface area contributed by atoms with Gasteiger partial charge in [0.1, 0.15) is 0 Å². The van der Waals surface area contributed by atoms with E-state index in [0.717, 1.165) is 0 Å². The van der Waals surface area contributed by atoms with Gasteiger partial charge in [-0.3, -0.25) is 0 Å². The second-order valence-corrected chi connectivity index (χ2v) is 2.05. The second kappa shape index (κ2) is 2.74. The Morgan fingerprint density at radius 2 is 2.60 bits per heavy atom. The molecule has 1 aromatic rings. The van der Waals surface area contributed by atoms with Gasteiger partial charge in [-0.1, -0.05) is 0 Å². The summed E-state index contributed by atoms with van der Waals surface area (Å²) >= 11 is 3.84. The largest absolute Gasteiger partial charge is 0.465 e. The van der Waals surface area contributed by atoms with Crippen LogP contribution in [0.25, 0.3) is 0 Å². The molecule has 1 aromatic heterocycles. The fourth-order valence-corrected chi connectivity index (χ4v) is 0.712. The Kier molecular flexibility index (Phi) is 1.96. The van der Waals surface area contributed by atoms with Gasteiger partial charge in [0.05, 0.1) is 25.1 Å². The molecule has 0 fully saturated rings. The average molecular weight is 158 g/mol. The van der Waals surface area contributed by atoms with Crippen molar-refractivity contribution >= 4 is 18.8 Å². The molecule has 0 unspecified atom stereocenters. The number of esters is 1. The van der Waals surface area contributed by atoms with Gasteiger partial charge in [0, 0.05) is 0 Å². The Balaban J connectivity index is 2.85. The van der Waals surface area contributed by atoms with Crippen LogP contribution in [0.3, 0.4) is 0 Å². The molecule has 0 bridgehead atoms. The Morgan fingerprint density at radius 1 is 1.90 bits per heavy atom. The van der Waals surface area contributed by atoms with Crippen molar-refractivity contribution in [2.24, 2.45) is 0 Å². The molecule has 5 heteroatoms. The highest BCUT2D eigenvalue weighted by atomic mass is 32.1. The summed E-state index contributed by atoms with van der Waals surface area (Å²) in [6, 6.07) is 0. The normalized spacial score (nSPS) is 9.40. The number of methoxy groups -OCH3 is 1. The van der Waals surface area contributed by atoms with Gasteiger partial charge in [0.2, 0.25) is 0 Å². The molecule has 10 heavy (non-hydrogen) atoms. The zero-order valence-electron chi connectivity index (χ0n) is 5.31. The van der Waals surface area contributed by atoms with Crippen LogP contribution in [0.15, 0.2) is 12.4 Å². The molecule has 54 valence electrons. The minimum atomic E-state index is -0.403. The van der Waals surface area contributed by atoms with E-state index in [4.69, 9.17) is 0 Å². The Hall–Kier alpha value is -0.970. The molecule has 0 aromatic carbocycles. The molecule has 0 atom stereocenters. The predicted octanol–water partition coefficient (Wildman–Crippen LogP) is 0.363. The monoisotopic (exact) mass is 158 g/mol. The molecule has 0 aliphatic rings. The summed E-state index contributed by atoms with van der Waals surface area (Å²) in [5.74, 6) is -0.403. The number of aromatic nitrogens is 2. The lowest BCUT2D eigenvalue weighted by Gasteiger charge is -1.90. The van der Waals surface area contributed by atoms with Crippen LogP contribution in [0.2, 0.25) is 0 Å². The number of nitrogens with zero attached hydrogens (tertiary/aromatic N) is 2. The minimum Gasteiger partial charge on any atom is -0.465 e. The lowest BCUT2D eigenvalue weighted by atomic mass is 10.4. The van der Waals surface area contributed by atoms with Gasteiger partial charge >= 0.3 is 5.97 Å². The lowest BCUT2D eigenvalue weighted by molar-refractivity contribution is 0.0601. The van der Waals surface area contributed by atoms with Gasteiger partial charge in [0.15, 0.2) is 0 Å². The molecule has 0 saturated carbocycles. The maximum Gasteiger partial charge on any atom is 0.341 e. The molecule has 1 heterocycles. The molecule has 0 radical (unpaired) electrons. The molecule has 4 nitrogen and oxygen atoms in total. The fourth-order valence-electron chi connectivity index (χ4n) is 0.536. The maximum absolute atomic E-state index is 10.7. The van der Waals surface area contributed by atoms with Crippen LogP contribution in [-0.2, 0) is 4.74 Å². The first-order valence-electron chi connectivity index (χ1n) is 2.56. The van der Waals surface area contributed by atoms with Crippen molar-refractivity contribution in [3.05, 3.63) is 18.0 Å². The first-order valence-corrected chi connectivity index (χ1v) is 2.96. The second-order valence-electron chi connectivity index (χ2n) is 1.64. The van der Waals surface area contributed by atoms with Gasteiger partial charge in [-0.25, -0.2) is 8.88 Å². The van der Waals surface area contributed by atoms with Crippen molar-refractivity contribution in [3.8, 4) is 0 Å². The topological polar surface area (TPSA) is 44.1 Å². The SMILES string of the molecule is COC(=O)c1cnn(S)c1.